The number of aromatic nitrogens is 2. The Morgan fingerprint density at radius 1 is 1.11 bits per heavy atom. The molecule has 11 nitrogen and oxygen atoms in total. The lowest BCUT2D eigenvalue weighted by atomic mass is 9.90. The van der Waals surface area contributed by atoms with Crippen LogP contribution in [0.15, 0.2) is 24.5 Å². The van der Waals surface area contributed by atoms with Crippen LogP contribution in [-0.4, -0.2) is 96.5 Å². The molecule has 0 aliphatic carbocycles. The lowest BCUT2D eigenvalue weighted by molar-refractivity contribution is 0.0135. The molecule has 35 heavy (non-hydrogen) atoms. The molecule has 2 aromatic rings. The summed E-state index contributed by atoms with van der Waals surface area (Å²) >= 11 is 0. The van der Waals surface area contributed by atoms with E-state index in [-0.39, 0.29) is 19.0 Å². The number of carbonyl (C=O) groups is 1. The standard InChI is InChI=1S/C22H33N5O6S2/c1-22(2,3)33-21(28)25-13-17(14-25)34(29,30)26-11-8-16(9-12-26)19-15-27(35(31,32)24(4)5)20-18(19)7-6-10-23-20/h6-7,10,15-17H,8-9,11-14H2,1-5H3. The Morgan fingerprint density at radius 3 is 2.31 bits per heavy atom. The summed E-state index contributed by atoms with van der Waals surface area (Å²) in [4.78, 5) is 17.9. The fourth-order valence-electron chi connectivity index (χ4n) is 4.47. The van der Waals surface area contributed by atoms with Gasteiger partial charge in [0.25, 0.3) is 0 Å². The van der Waals surface area contributed by atoms with Gasteiger partial charge in [0.15, 0.2) is 5.65 Å². The first-order valence-corrected chi connectivity index (χ1v) is 14.5. The molecule has 2 fully saturated rings. The van der Waals surface area contributed by atoms with E-state index in [1.807, 2.05) is 6.07 Å². The van der Waals surface area contributed by atoms with Gasteiger partial charge in [-0.1, -0.05) is 0 Å². The fraction of sp³-hybridized carbons (Fsp3) is 0.636. The van der Waals surface area contributed by atoms with Gasteiger partial charge in [-0.3, -0.25) is 0 Å². The Morgan fingerprint density at radius 2 is 1.74 bits per heavy atom. The molecule has 194 valence electrons. The zero-order valence-corrected chi connectivity index (χ0v) is 22.3. The maximum atomic E-state index is 13.1. The molecule has 13 heteroatoms. The summed E-state index contributed by atoms with van der Waals surface area (Å²) < 4.78 is 61.0. The number of likely N-dealkylation sites (tertiary alicyclic amines) is 1. The molecule has 0 bridgehead atoms. The molecule has 0 saturated carbocycles. The SMILES string of the molecule is CN(C)S(=O)(=O)n1cc(C2CCN(S(=O)(=O)C3CN(C(=O)OC(C)(C)C)C3)CC2)c2cccnc21. The molecular formula is C22H33N5O6S2. The first-order valence-electron chi connectivity index (χ1n) is 11.6. The summed E-state index contributed by atoms with van der Waals surface area (Å²) in [6.07, 6.45) is 3.81. The van der Waals surface area contributed by atoms with Crippen LogP contribution in [0.1, 0.15) is 45.1 Å². The van der Waals surface area contributed by atoms with E-state index >= 15 is 0 Å². The topological polar surface area (TPSA) is 122 Å². The lowest BCUT2D eigenvalue weighted by Gasteiger charge is -2.42. The first kappa shape index (κ1) is 25.9. The highest BCUT2D eigenvalue weighted by Gasteiger charge is 2.45. The van der Waals surface area contributed by atoms with Gasteiger partial charge in [0.1, 0.15) is 10.9 Å². The number of amides is 1. The van der Waals surface area contributed by atoms with Crippen LogP contribution >= 0.6 is 0 Å². The predicted octanol–water partition coefficient (Wildman–Crippen LogP) is 1.82. The summed E-state index contributed by atoms with van der Waals surface area (Å²) in [6, 6.07) is 3.62. The minimum Gasteiger partial charge on any atom is -0.444 e. The molecule has 0 radical (unpaired) electrons. The van der Waals surface area contributed by atoms with Crippen molar-refractivity contribution >= 4 is 37.4 Å². The molecule has 4 rings (SSSR count). The van der Waals surface area contributed by atoms with Gasteiger partial charge in [0.05, 0.1) is 0 Å². The van der Waals surface area contributed by atoms with Crippen molar-refractivity contribution in [1.29, 1.82) is 0 Å². The quantitative estimate of drug-likeness (QED) is 0.581. The number of nitrogens with zero attached hydrogens (tertiary/aromatic N) is 5. The number of ether oxygens (including phenoxy) is 1. The van der Waals surface area contributed by atoms with E-state index in [0.717, 1.165) is 15.3 Å². The summed E-state index contributed by atoms with van der Waals surface area (Å²) in [5, 5.41) is 0.120. The molecule has 0 spiro atoms. The van der Waals surface area contributed by atoms with Crippen molar-refractivity contribution in [3.63, 3.8) is 0 Å². The van der Waals surface area contributed by atoms with E-state index in [4.69, 9.17) is 4.74 Å². The van der Waals surface area contributed by atoms with E-state index in [9.17, 15) is 21.6 Å². The van der Waals surface area contributed by atoms with E-state index in [2.05, 4.69) is 4.98 Å². The van der Waals surface area contributed by atoms with Crippen LogP contribution < -0.4 is 0 Å². The second-order valence-corrected chi connectivity index (χ2v) is 14.5. The van der Waals surface area contributed by atoms with Gasteiger partial charge in [-0.15, -0.1) is 0 Å². The summed E-state index contributed by atoms with van der Waals surface area (Å²) in [5.74, 6) is 0.00594. The van der Waals surface area contributed by atoms with Crippen LogP contribution in [0.4, 0.5) is 4.79 Å². The average Bonchev–Trinajstić information content (AvgIpc) is 3.11. The second kappa shape index (κ2) is 9.02. The van der Waals surface area contributed by atoms with Crippen molar-refractivity contribution in [2.45, 2.75) is 50.4 Å². The molecule has 4 heterocycles. The summed E-state index contributed by atoms with van der Waals surface area (Å²) in [5.41, 5.74) is 0.589. The minimum atomic E-state index is -3.75. The van der Waals surface area contributed by atoms with E-state index < -0.39 is 37.2 Å². The van der Waals surface area contributed by atoms with Crippen molar-refractivity contribution < 1.29 is 26.4 Å². The summed E-state index contributed by atoms with van der Waals surface area (Å²) in [7, 11) is -4.36. The maximum absolute atomic E-state index is 13.1. The van der Waals surface area contributed by atoms with Crippen LogP contribution in [0.2, 0.25) is 0 Å². The van der Waals surface area contributed by atoms with Gasteiger partial charge in [0.2, 0.25) is 10.0 Å². The van der Waals surface area contributed by atoms with Crippen molar-refractivity contribution in [2.24, 2.45) is 0 Å². The average molecular weight is 528 g/mol. The Bertz CT molecular complexity index is 1320. The zero-order valence-electron chi connectivity index (χ0n) is 20.7. The third kappa shape index (κ3) is 4.91. The molecule has 2 saturated heterocycles. The largest absolute Gasteiger partial charge is 0.444 e. The van der Waals surface area contributed by atoms with Gasteiger partial charge in [-0.05, 0) is 57.2 Å². The number of sulfonamides is 1. The molecular weight excluding hydrogens is 494 g/mol. The number of rotatable bonds is 5. The second-order valence-electron chi connectivity index (χ2n) is 10.3. The summed E-state index contributed by atoms with van der Waals surface area (Å²) in [6.45, 7) is 6.23. The highest BCUT2D eigenvalue weighted by atomic mass is 32.2. The Hall–Kier alpha value is -2.22. The monoisotopic (exact) mass is 527 g/mol. The maximum Gasteiger partial charge on any atom is 0.410 e. The third-order valence-corrected chi connectivity index (χ3v) is 10.4. The van der Waals surface area contributed by atoms with Crippen molar-refractivity contribution in [3.05, 3.63) is 30.1 Å². The number of fused-ring (bicyclic) bond motifs is 1. The van der Waals surface area contributed by atoms with E-state index in [1.165, 1.54) is 27.3 Å². The molecule has 0 atom stereocenters. The zero-order chi connectivity index (χ0) is 25.8. The van der Waals surface area contributed by atoms with Crippen LogP contribution in [0.3, 0.4) is 0 Å². The first-order chi connectivity index (χ1) is 16.2. The van der Waals surface area contributed by atoms with E-state index in [0.29, 0.717) is 31.6 Å². The normalized spacial score (nSPS) is 19.3. The third-order valence-electron chi connectivity index (χ3n) is 6.45. The highest BCUT2D eigenvalue weighted by Crippen LogP contribution is 2.36. The van der Waals surface area contributed by atoms with Gasteiger partial charge in [-0.25, -0.2) is 26.5 Å². The predicted molar refractivity (Wildman–Crippen MR) is 132 cm³/mol. The molecule has 2 aliphatic rings. The van der Waals surface area contributed by atoms with Crippen molar-refractivity contribution in [1.82, 2.24) is 22.5 Å². The van der Waals surface area contributed by atoms with Gasteiger partial charge < -0.3 is 9.64 Å². The van der Waals surface area contributed by atoms with E-state index in [1.54, 1.807) is 39.2 Å². The van der Waals surface area contributed by atoms with Gasteiger partial charge in [0, 0.05) is 58.1 Å². The van der Waals surface area contributed by atoms with Crippen LogP contribution in [0.25, 0.3) is 11.0 Å². The van der Waals surface area contributed by atoms with Crippen LogP contribution in [0.5, 0.6) is 0 Å². The van der Waals surface area contributed by atoms with Crippen molar-refractivity contribution in [3.8, 4) is 0 Å². The smallest absolute Gasteiger partial charge is 0.410 e. The molecule has 0 N–H and O–H groups in total. The van der Waals surface area contributed by atoms with Gasteiger partial charge >= 0.3 is 16.3 Å². The molecule has 2 aromatic heterocycles. The number of hydrogen-bond acceptors (Lipinski definition) is 7. The molecule has 2 aliphatic heterocycles. The van der Waals surface area contributed by atoms with Crippen molar-refractivity contribution in [2.75, 3.05) is 40.3 Å². The van der Waals surface area contributed by atoms with Crippen LogP contribution in [0, 0.1) is 0 Å². The highest BCUT2D eigenvalue weighted by molar-refractivity contribution is 7.89. The number of pyridine rings is 1. The Labute approximate surface area is 206 Å². The number of hydrogen-bond donors (Lipinski definition) is 0. The number of carbonyl (C=O) groups excluding carboxylic acids is 1. The Kier molecular flexibility index (Phi) is 6.66. The molecule has 1 amide bonds. The van der Waals surface area contributed by atoms with Gasteiger partial charge in [-0.2, -0.15) is 12.7 Å². The molecule has 0 unspecified atom stereocenters. The molecule has 0 aromatic carbocycles. The lowest BCUT2D eigenvalue weighted by Crippen LogP contribution is -2.61. The van der Waals surface area contributed by atoms with Crippen LogP contribution in [-0.2, 0) is 25.0 Å². The fourth-order valence-corrected chi connectivity index (χ4v) is 7.31. The Balaban J connectivity index is 1.45. The minimum absolute atomic E-state index is 0.00594. The number of piperidine rings is 1.